The number of hydrogen-bond donors (Lipinski definition) is 1. The van der Waals surface area contributed by atoms with Gasteiger partial charge in [0.15, 0.2) is 0 Å². The molecule has 17 heavy (non-hydrogen) atoms. The van der Waals surface area contributed by atoms with Gasteiger partial charge in [-0.1, -0.05) is 31.5 Å². The van der Waals surface area contributed by atoms with Crippen molar-refractivity contribution in [3.63, 3.8) is 0 Å². The Morgan fingerprint density at radius 3 is 2.71 bits per heavy atom. The summed E-state index contributed by atoms with van der Waals surface area (Å²) in [5.74, 6) is 1.26. The minimum absolute atomic E-state index is 0.411. The fourth-order valence-corrected chi connectivity index (χ4v) is 1.97. The lowest BCUT2D eigenvalue weighted by Crippen LogP contribution is -2.01. The fourth-order valence-electron chi connectivity index (χ4n) is 1.80. The zero-order valence-corrected chi connectivity index (χ0v) is 11.4. The van der Waals surface area contributed by atoms with Gasteiger partial charge in [0.25, 0.3) is 0 Å². The van der Waals surface area contributed by atoms with E-state index in [-0.39, 0.29) is 0 Å². The van der Waals surface area contributed by atoms with Gasteiger partial charge in [0, 0.05) is 10.6 Å². The molecule has 0 fully saturated rings. The van der Waals surface area contributed by atoms with Crippen LogP contribution in [0.15, 0.2) is 24.3 Å². The van der Waals surface area contributed by atoms with E-state index >= 15 is 0 Å². The lowest BCUT2D eigenvalue weighted by molar-refractivity contribution is 0.413. The van der Waals surface area contributed by atoms with Crippen molar-refractivity contribution in [3.05, 3.63) is 34.9 Å². The van der Waals surface area contributed by atoms with Gasteiger partial charge in [-0.15, -0.1) is 0 Å². The zero-order chi connectivity index (χ0) is 12.8. The Labute approximate surface area is 108 Å². The maximum absolute atomic E-state index is 6.05. The van der Waals surface area contributed by atoms with Gasteiger partial charge in [-0.05, 0) is 42.7 Å². The van der Waals surface area contributed by atoms with Crippen LogP contribution in [0.3, 0.4) is 0 Å². The lowest BCUT2D eigenvalue weighted by atomic mass is 9.93. The van der Waals surface area contributed by atoms with Crippen molar-refractivity contribution in [2.45, 2.75) is 20.3 Å². The smallest absolute Gasteiger partial charge is 0.126 e. The van der Waals surface area contributed by atoms with E-state index in [0.29, 0.717) is 12.5 Å². The molecule has 2 nitrogen and oxygen atoms in total. The lowest BCUT2D eigenvalue weighted by Gasteiger charge is -2.16. The highest BCUT2D eigenvalue weighted by atomic mass is 35.5. The van der Waals surface area contributed by atoms with E-state index in [0.717, 1.165) is 22.8 Å². The number of nitrogens with two attached hydrogens (primary N) is 1. The SMILES string of the molecule is COc1ccc(Cl)cc1/C(=C/CCN)C(C)C. The molecule has 0 radical (unpaired) electrons. The molecule has 1 aromatic rings. The molecule has 0 heterocycles. The molecule has 0 bridgehead atoms. The van der Waals surface area contributed by atoms with Crippen LogP contribution in [0, 0.1) is 5.92 Å². The topological polar surface area (TPSA) is 35.2 Å². The second kappa shape index (κ2) is 6.67. The zero-order valence-electron chi connectivity index (χ0n) is 10.7. The normalized spacial score (nSPS) is 12.0. The van der Waals surface area contributed by atoms with Gasteiger partial charge in [-0.3, -0.25) is 0 Å². The van der Waals surface area contributed by atoms with Crippen LogP contribution < -0.4 is 10.5 Å². The summed E-state index contributed by atoms with van der Waals surface area (Å²) in [4.78, 5) is 0. The van der Waals surface area contributed by atoms with Gasteiger partial charge in [0.2, 0.25) is 0 Å². The summed E-state index contributed by atoms with van der Waals surface area (Å²) >= 11 is 6.05. The molecule has 2 N–H and O–H groups in total. The Balaban J connectivity index is 3.21. The van der Waals surface area contributed by atoms with E-state index in [9.17, 15) is 0 Å². The van der Waals surface area contributed by atoms with Crippen molar-refractivity contribution in [3.8, 4) is 5.75 Å². The molecular weight excluding hydrogens is 234 g/mol. The second-order valence-corrected chi connectivity index (χ2v) is 4.67. The maximum atomic E-state index is 6.05. The minimum atomic E-state index is 0.411. The van der Waals surface area contributed by atoms with Crippen LogP contribution in [-0.4, -0.2) is 13.7 Å². The van der Waals surface area contributed by atoms with Crippen molar-refractivity contribution in [1.82, 2.24) is 0 Å². The number of halogens is 1. The predicted octanol–water partition coefficient (Wildman–Crippen LogP) is 3.74. The predicted molar refractivity (Wildman–Crippen MR) is 74.5 cm³/mol. The van der Waals surface area contributed by atoms with Gasteiger partial charge in [-0.2, -0.15) is 0 Å². The highest BCUT2D eigenvalue weighted by Crippen LogP contribution is 2.33. The molecule has 0 aromatic heterocycles. The molecule has 0 aliphatic carbocycles. The van der Waals surface area contributed by atoms with E-state index < -0.39 is 0 Å². The van der Waals surface area contributed by atoms with E-state index in [1.54, 1.807) is 7.11 Å². The molecule has 0 atom stereocenters. The summed E-state index contributed by atoms with van der Waals surface area (Å²) in [7, 11) is 1.67. The quantitative estimate of drug-likeness (QED) is 0.868. The highest BCUT2D eigenvalue weighted by Gasteiger charge is 2.12. The van der Waals surface area contributed by atoms with Crippen LogP contribution in [0.2, 0.25) is 5.02 Å². The third-order valence-electron chi connectivity index (χ3n) is 2.63. The Hall–Kier alpha value is -0.990. The van der Waals surface area contributed by atoms with E-state index in [1.807, 2.05) is 18.2 Å². The Morgan fingerprint density at radius 1 is 1.47 bits per heavy atom. The van der Waals surface area contributed by atoms with Crippen LogP contribution in [0.25, 0.3) is 5.57 Å². The summed E-state index contributed by atoms with van der Waals surface area (Å²) in [5.41, 5.74) is 7.84. The Morgan fingerprint density at radius 2 is 2.18 bits per heavy atom. The first-order valence-corrected chi connectivity index (χ1v) is 6.22. The van der Waals surface area contributed by atoms with Crippen LogP contribution in [0.4, 0.5) is 0 Å². The molecule has 0 aliphatic rings. The molecule has 0 aliphatic heterocycles. The van der Waals surface area contributed by atoms with Crippen molar-refractivity contribution in [1.29, 1.82) is 0 Å². The first kappa shape index (κ1) is 14.1. The second-order valence-electron chi connectivity index (χ2n) is 4.24. The van der Waals surface area contributed by atoms with Gasteiger partial charge < -0.3 is 10.5 Å². The van der Waals surface area contributed by atoms with E-state index in [1.165, 1.54) is 5.57 Å². The van der Waals surface area contributed by atoms with E-state index in [2.05, 4.69) is 19.9 Å². The van der Waals surface area contributed by atoms with Gasteiger partial charge >= 0.3 is 0 Å². The van der Waals surface area contributed by atoms with Crippen LogP contribution in [0.5, 0.6) is 5.75 Å². The first-order valence-electron chi connectivity index (χ1n) is 5.84. The molecule has 0 amide bonds. The molecule has 0 unspecified atom stereocenters. The summed E-state index contributed by atoms with van der Waals surface area (Å²) in [6.07, 6.45) is 3.03. The van der Waals surface area contributed by atoms with Gasteiger partial charge in [0.05, 0.1) is 7.11 Å². The Bertz CT molecular complexity index is 399. The molecule has 0 spiro atoms. The average Bonchev–Trinajstić information content (AvgIpc) is 2.29. The fraction of sp³-hybridized carbons (Fsp3) is 0.429. The van der Waals surface area contributed by atoms with Crippen molar-refractivity contribution in [2.75, 3.05) is 13.7 Å². The summed E-state index contributed by atoms with van der Waals surface area (Å²) < 4.78 is 5.38. The number of methoxy groups -OCH3 is 1. The maximum Gasteiger partial charge on any atom is 0.126 e. The summed E-state index contributed by atoms with van der Waals surface area (Å²) in [5, 5.41) is 0.722. The third kappa shape index (κ3) is 3.76. The Kier molecular flexibility index (Phi) is 5.52. The molecule has 1 rings (SSSR count). The standard InChI is InChI=1S/C14H20ClNO/c1-10(2)12(5-4-8-16)13-9-11(15)6-7-14(13)17-3/h5-7,9-10H,4,8,16H2,1-3H3/b12-5+. The van der Waals surface area contributed by atoms with Gasteiger partial charge in [-0.25, -0.2) is 0 Å². The monoisotopic (exact) mass is 253 g/mol. The molecule has 0 saturated heterocycles. The van der Waals surface area contributed by atoms with Crippen molar-refractivity contribution in [2.24, 2.45) is 11.7 Å². The molecule has 1 aromatic carbocycles. The number of ether oxygens (including phenoxy) is 1. The molecule has 94 valence electrons. The van der Waals surface area contributed by atoms with Crippen molar-refractivity contribution < 1.29 is 4.74 Å². The van der Waals surface area contributed by atoms with Crippen molar-refractivity contribution >= 4 is 17.2 Å². The average molecular weight is 254 g/mol. The number of hydrogen-bond acceptors (Lipinski definition) is 2. The minimum Gasteiger partial charge on any atom is -0.496 e. The third-order valence-corrected chi connectivity index (χ3v) is 2.86. The first-order chi connectivity index (χ1) is 8.10. The van der Waals surface area contributed by atoms with Crippen LogP contribution in [-0.2, 0) is 0 Å². The number of allylic oxidation sites excluding steroid dienone is 1. The highest BCUT2D eigenvalue weighted by molar-refractivity contribution is 6.30. The largest absolute Gasteiger partial charge is 0.496 e. The summed E-state index contributed by atoms with van der Waals surface area (Å²) in [6, 6.07) is 5.68. The summed E-state index contributed by atoms with van der Waals surface area (Å²) in [6.45, 7) is 4.96. The molecule has 3 heteroatoms. The molecule has 0 saturated carbocycles. The molecular formula is C14H20ClNO. The van der Waals surface area contributed by atoms with Gasteiger partial charge in [0.1, 0.15) is 5.75 Å². The number of benzene rings is 1. The van der Waals surface area contributed by atoms with Crippen LogP contribution >= 0.6 is 11.6 Å². The van der Waals surface area contributed by atoms with Crippen LogP contribution in [0.1, 0.15) is 25.8 Å². The van der Waals surface area contributed by atoms with E-state index in [4.69, 9.17) is 22.1 Å². The number of rotatable bonds is 5.